The van der Waals surface area contributed by atoms with E-state index in [4.69, 9.17) is 0 Å². The predicted octanol–water partition coefficient (Wildman–Crippen LogP) is 8.11. The van der Waals surface area contributed by atoms with Gasteiger partial charge in [0.25, 0.3) is 0 Å². The molecule has 4 unspecified atom stereocenters. The highest BCUT2D eigenvalue weighted by atomic mass is 14.3. The van der Waals surface area contributed by atoms with Crippen LogP contribution >= 0.6 is 0 Å². The van der Waals surface area contributed by atoms with Gasteiger partial charge < -0.3 is 0 Å². The lowest BCUT2D eigenvalue weighted by molar-refractivity contribution is 0.185. The first-order valence-corrected chi connectivity index (χ1v) is 10.5. The van der Waals surface area contributed by atoms with Crippen LogP contribution in [0.1, 0.15) is 113 Å². The molecule has 0 aromatic rings. The number of hydrogen-bond donors (Lipinski definition) is 0. The van der Waals surface area contributed by atoms with Crippen molar-refractivity contribution in [1.29, 1.82) is 0 Å². The van der Waals surface area contributed by atoms with E-state index in [1.807, 2.05) is 0 Å². The first-order chi connectivity index (χ1) is 10.5. The summed E-state index contributed by atoms with van der Waals surface area (Å²) >= 11 is 0. The van der Waals surface area contributed by atoms with Gasteiger partial charge in [-0.2, -0.15) is 0 Å². The summed E-state index contributed by atoms with van der Waals surface area (Å²) in [6.07, 6.45) is 14.3. The maximum absolute atomic E-state index is 2.52. The molecule has 0 radical (unpaired) electrons. The second-order valence-electron chi connectivity index (χ2n) is 8.21. The van der Waals surface area contributed by atoms with Crippen LogP contribution in [0.3, 0.4) is 0 Å². The highest BCUT2D eigenvalue weighted by Crippen LogP contribution is 2.33. The highest BCUT2D eigenvalue weighted by molar-refractivity contribution is 4.74. The Morgan fingerprint density at radius 2 is 1.23 bits per heavy atom. The van der Waals surface area contributed by atoms with E-state index >= 15 is 0 Å². The van der Waals surface area contributed by atoms with Gasteiger partial charge in [0.1, 0.15) is 0 Å². The van der Waals surface area contributed by atoms with Crippen LogP contribution in [0, 0.1) is 29.6 Å². The predicted molar refractivity (Wildman–Crippen MR) is 103 cm³/mol. The topological polar surface area (TPSA) is 0 Å². The molecule has 0 N–H and O–H groups in total. The summed E-state index contributed by atoms with van der Waals surface area (Å²) in [5.74, 6) is 4.53. The zero-order chi connectivity index (χ0) is 17.0. The highest BCUT2D eigenvalue weighted by Gasteiger charge is 2.24. The third-order valence-electron chi connectivity index (χ3n) is 6.26. The van der Waals surface area contributed by atoms with Gasteiger partial charge in [-0.1, -0.05) is 113 Å². The second-order valence-corrected chi connectivity index (χ2v) is 8.21. The lowest BCUT2D eigenvalue weighted by Crippen LogP contribution is -2.23. The number of unbranched alkanes of at least 4 members (excludes halogenated alkanes) is 2. The van der Waals surface area contributed by atoms with Gasteiger partial charge in [0, 0.05) is 0 Å². The molecule has 0 aliphatic heterocycles. The van der Waals surface area contributed by atoms with Crippen molar-refractivity contribution >= 4 is 0 Å². The van der Waals surface area contributed by atoms with Crippen LogP contribution in [0.2, 0.25) is 0 Å². The van der Waals surface area contributed by atoms with Crippen LogP contribution in [0.15, 0.2) is 0 Å². The molecule has 0 rings (SSSR count). The molecule has 22 heavy (non-hydrogen) atoms. The van der Waals surface area contributed by atoms with Crippen molar-refractivity contribution in [2.24, 2.45) is 29.6 Å². The summed E-state index contributed by atoms with van der Waals surface area (Å²) in [6, 6.07) is 0. The molecular weight excluding hydrogens is 264 g/mol. The van der Waals surface area contributed by atoms with Gasteiger partial charge in [-0.3, -0.25) is 0 Å². The minimum Gasteiger partial charge on any atom is -0.0654 e. The Morgan fingerprint density at radius 1 is 0.591 bits per heavy atom. The largest absolute Gasteiger partial charge is 0.0654 e. The van der Waals surface area contributed by atoms with E-state index in [2.05, 4.69) is 48.5 Å². The number of rotatable bonds is 14. The van der Waals surface area contributed by atoms with Gasteiger partial charge in [-0.15, -0.1) is 0 Å². The third-order valence-corrected chi connectivity index (χ3v) is 6.26. The van der Waals surface area contributed by atoms with E-state index in [1.165, 1.54) is 64.2 Å². The van der Waals surface area contributed by atoms with Crippen molar-refractivity contribution in [3.63, 3.8) is 0 Å². The van der Waals surface area contributed by atoms with Gasteiger partial charge in [0.05, 0.1) is 0 Å². The Hall–Kier alpha value is 0. The Morgan fingerprint density at radius 3 is 1.73 bits per heavy atom. The molecule has 0 aromatic carbocycles. The third kappa shape index (κ3) is 9.21. The van der Waals surface area contributed by atoms with E-state index in [0.29, 0.717) is 0 Å². The second kappa shape index (κ2) is 13.4. The first-order valence-electron chi connectivity index (χ1n) is 10.5. The average Bonchev–Trinajstić information content (AvgIpc) is 2.51. The van der Waals surface area contributed by atoms with Crippen LogP contribution in [0.5, 0.6) is 0 Å². The quantitative estimate of drug-likeness (QED) is 0.284. The van der Waals surface area contributed by atoms with Crippen LogP contribution in [-0.2, 0) is 0 Å². The molecule has 0 saturated carbocycles. The standard InChI is InChI=1S/C22H46/c1-8-11-12-15-21(10-3)16-13-17-22(14-9-2)20(7)19(6)18(4)5/h18-22H,8-17H2,1-7H3. The summed E-state index contributed by atoms with van der Waals surface area (Å²) in [6.45, 7) is 16.8. The van der Waals surface area contributed by atoms with Crippen molar-refractivity contribution in [3.05, 3.63) is 0 Å². The smallest absolute Gasteiger partial charge is 0.0386 e. The van der Waals surface area contributed by atoms with E-state index < -0.39 is 0 Å². The summed E-state index contributed by atoms with van der Waals surface area (Å²) in [5.41, 5.74) is 0. The van der Waals surface area contributed by atoms with Crippen molar-refractivity contribution < 1.29 is 0 Å². The fourth-order valence-electron chi connectivity index (χ4n) is 3.98. The van der Waals surface area contributed by atoms with E-state index in [9.17, 15) is 0 Å². The molecule has 0 aliphatic carbocycles. The molecule has 0 aliphatic rings. The van der Waals surface area contributed by atoms with Crippen LogP contribution in [0.25, 0.3) is 0 Å². The molecule has 0 nitrogen and oxygen atoms in total. The Balaban J connectivity index is 4.22. The molecule has 0 fully saturated rings. The Labute approximate surface area is 142 Å². The normalized spacial score (nSPS) is 17.5. The van der Waals surface area contributed by atoms with Crippen molar-refractivity contribution in [1.82, 2.24) is 0 Å². The fraction of sp³-hybridized carbons (Fsp3) is 1.00. The lowest BCUT2D eigenvalue weighted by Gasteiger charge is -2.31. The molecule has 4 atom stereocenters. The molecule has 0 aromatic heterocycles. The summed E-state index contributed by atoms with van der Waals surface area (Å²) in [5, 5.41) is 0. The molecule has 134 valence electrons. The maximum Gasteiger partial charge on any atom is -0.0386 e. The van der Waals surface area contributed by atoms with Gasteiger partial charge in [-0.05, 0) is 29.6 Å². The SMILES string of the molecule is CCCCCC(CC)CCCC(CCC)C(C)C(C)C(C)C. The fourth-order valence-corrected chi connectivity index (χ4v) is 3.98. The minimum atomic E-state index is 0.826. The minimum absolute atomic E-state index is 0.826. The molecule has 0 bridgehead atoms. The van der Waals surface area contributed by atoms with Crippen molar-refractivity contribution in [2.75, 3.05) is 0 Å². The molecule has 0 heteroatoms. The molecule has 0 spiro atoms. The van der Waals surface area contributed by atoms with Gasteiger partial charge >= 0.3 is 0 Å². The average molecular weight is 311 g/mol. The van der Waals surface area contributed by atoms with E-state index in [-0.39, 0.29) is 0 Å². The first kappa shape index (κ1) is 22.0. The van der Waals surface area contributed by atoms with Crippen molar-refractivity contribution in [3.8, 4) is 0 Å². The zero-order valence-electron chi connectivity index (χ0n) is 17.0. The summed E-state index contributed by atoms with van der Waals surface area (Å²) < 4.78 is 0. The van der Waals surface area contributed by atoms with Gasteiger partial charge in [0.15, 0.2) is 0 Å². The Bertz CT molecular complexity index is 230. The molecule has 0 amide bonds. The van der Waals surface area contributed by atoms with Crippen LogP contribution in [-0.4, -0.2) is 0 Å². The number of hydrogen-bond acceptors (Lipinski definition) is 0. The molecular formula is C22H46. The molecule has 0 heterocycles. The Kier molecular flexibility index (Phi) is 13.4. The van der Waals surface area contributed by atoms with Crippen LogP contribution in [0.4, 0.5) is 0 Å². The summed E-state index contributed by atoms with van der Waals surface area (Å²) in [4.78, 5) is 0. The monoisotopic (exact) mass is 310 g/mol. The van der Waals surface area contributed by atoms with E-state index in [0.717, 1.165) is 29.6 Å². The zero-order valence-corrected chi connectivity index (χ0v) is 17.0. The van der Waals surface area contributed by atoms with E-state index in [1.54, 1.807) is 0 Å². The van der Waals surface area contributed by atoms with Gasteiger partial charge in [0.2, 0.25) is 0 Å². The maximum atomic E-state index is 2.52. The lowest BCUT2D eigenvalue weighted by atomic mass is 9.74. The van der Waals surface area contributed by atoms with Crippen molar-refractivity contribution in [2.45, 2.75) is 113 Å². The molecule has 0 saturated heterocycles. The summed E-state index contributed by atoms with van der Waals surface area (Å²) in [7, 11) is 0. The van der Waals surface area contributed by atoms with Crippen LogP contribution < -0.4 is 0 Å². The van der Waals surface area contributed by atoms with Gasteiger partial charge in [-0.25, -0.2) is 0 Å².